The summed E-state index contributed by atoms with van der Waals surface area (Å²) < 4.78 is 0. The molecular formula is C42H60N10O5. The van der Waals surface area contributed by atoms with E-state index in [0.29, 0.717) is 46.6 Å². The van der Waals surface area contributed by atoms with Gasteiger partial charge in [0.2, 0.25) is 5.91 Å². The molecule has 4 aliphatic heterocycles. The number of aromatic hydroxyl groups is 1. The van der Waals surface area contributed by atoms with Gasteiger partial charge >= 0.3 is 0 Å². The zero-order valence-corrected chi connectivity index (χ0v) is 33.7. The summed E-state index contributed by atoms with van der Waals surface area (Å²) in [5.41, 5.74) is 16.2. The Morgan fingerprint density at radius 1 is 0.912 bits per heavy atom. The predicted molar refractivity (Wildman–Crippen MR) is 221 cm³/mol. The van der Waals surface area contributed by atoms with Gasteiger partial charge in [-0.1, -0.05) is 12.1 Å². The molecule has 57 heavy (non-hydrogen) atoms. The van der Waals surface area contributed by atoms with Crippen molar-refractivity contribution >= 4 is 35.4 Å². The highest BCUT2D eigenvalue weighted by atomic mass is 16.3. The number of nitrogens with one attached hydrogen (secondary N) is 2. The lowest BCUT2D eigenvalue weighted by atomic mass is 10.0. The molecule has 0 saturated carbocycles. The van der Waals surface area contributed by atoms with Crippen molar-refractivity contribution in [2.45, 2.75) is 56.7 Å². The maximum Gasteiger partial charge on any atom is 0.262 e. The second kappa shape index (κ2) is 18.9. The number of piperazine rings is 1. The van der Waals surface area contributed by atoms with E-state index in [4.69, 9.17) is 11.5 Å². The maximum absolute atomic E-state index is 13.4. The van der Waals surface area contributed by atoms with Crippen molar-refractivity contribution in [1.29, 1.82) is 0 Å². The second-order valence-corrected chi connectivity index (χ2v) is 15.5. The molecule has 0 spiro atoms. The third-order valence-electron chi connectivity index (χ3n) is 12.3. The summed E-state index contributed by atoms with van der Waals surface area (Å²) >= 11 is 0. The Labute approximate surface area is 336 Å². The van der Waals surface area contributed by atoms with Crippen molar-refractivity contribution in [2.24, 2.45) is 11.5 Å². The Balaban J connectivity index is 0.933. The van der Waals surface area contributed by atoms with Crippen molar-refractivity contribution in [3.8, 4) is 5.75 Å². The van der Waals surface area contributed by atoms with Crippen LogP contribution in [0.4, 0.5) is 5.69 Å². The number of nitrogens with two attached hydrogens (primary N) is 2. The molecule has 6 rings (SSSR count). The van der Waals surface area contributed by atoms with Crippen LogP contribution in [0.15, 0.2) is 60.1 Å². The first-order chi connectivity index (χ1) is 27.5. The third kappa shape index (κ3) is 9.37. The van der Waals surface area contributed by atoms with Gasteiger partial charge in [0.15, 0.2) is 0 Å². The molecule has 15 heteroatoms. The zero-order valence-electron chi connectivity index (χ0n) is 33.7. The van der Waals surface area contributed by atoms with Gasteiger partial charge < -0.3 is 51.6 Å². The van der Waals surface area contributed by atoms with E-state index in [1.165, 1.54) is 7.05 Å². The normalized spacial score (nSPS) is 20.1. The molecular weight excluding hydrogens is 725 g/mol. The number of aldehydes is 1. The number of hydrogen-bond donors (Lipinski definition) is 5. The number of likely N-dealkylation sites (N-methyl/N-ethyl adjacent to an activating group) is 2. The zero-order chi connectivity index (χ0) is 40.6. The molecule has 308 valence electrons. The van der Waals surface area contributed by atoms with Crippen LogP contribution < -0.4 is 27.0 Å². The Morgan fingerprint density at radius 2 is 1.60 bits per heavy atom. The van der Waals surface area contributed by atoms with Crippen LogP contribution in [0.3, 0.4) is 0 Å². The number of hydrogen-bond acceptors (Lipinski definition) is 13. The van der Waals surface area contributed by atoms with E-state index in [-0.39, 0.29) is 18.6 Å². The van der Waals surface area contributed by atoms with Crippen LogP contribution in [0, 0.1) is 0 Å². The molecule has 4 aliphatic rings. The van der Waals surface area contributed by atoms with Crippen LogP contribution in [0.25, 0.3) is 5.70 Å². The van der Waals surface area contributed by atoms with Gasteiger partial charge in [0.05, 0.1) is 16.8 Å². The van der Waals surface area contributed by atoms with Gasteiger partial charge in [-0.3, -0.25) is 24.2 Å². The van der Waals surface area contributed by atoms with Gasteiger partial charge in [-0.15, -0.1) is 0 Å². The van der Waals surface area contributed by atoms with Gasteiger partial charge in [-0.2, -0.15) is 0 Å². The van der Waals surface area contributed by atoms with Crippen LogP contribution in [-0.2, 0) is 9.59 Å². The van der Waals surface area contributed by atoms with Crippen LogP contribution in [0.1, 0.15) is 64.8 Å². The molecule has 2 aromatic rings. The number of allylic oxidation sites excluding steroid dienone is 1. The number of anilines is 1. The largest absolute Gasteiger partial charge is 0.507 e. The molecule has 4 heterocycles. The maximum atomic E-state index is 13.4. The molecule has 3 fully saturated rings. The van der Waals surface area contributed by atoms with E-state index in [9.17, 15) is 24.3 Å². The fourth-order valence-corrected chi connectivity index (χ4v) is 8.79. The molecule has 2 aromatic carbocycles. The first kappa shape index (κ1) is 41.5. The van der Waals surface area contributed by atoms with Crippen LogP contribution in [0.5, 0.6) is 5.75 Å². The van der Waals surface area contributed by atoms with Crippen LogP contribution in [-0.4, -0.2) is 158 Å². The van der Waals surface area contributed by atoms with Crippen molar-refractivity contribution in [3.63, 3.8) is 0 Å². The Bertz CT molecular complexity index is 1830. The molecule has 3 saturated heterocycles. The topological polar surface area (TPSA) is 184 Å². The van der Waals surface area contributed by atoms with Crippen molar-refractivity contribution in [3.05, 3.63) is 76.7 Å². The number of piperidine rings is 2. The lowest BCUT2D eigenvalue weighted by Gasteiger charge is -2.44. The average Bonchev–Trinajstić information content (AvgIpc) is 3.49. The van der Waals surface area contributed by atoms with E-state index in [1.807, 2.05) is 18.2 Å². The summed E-state index contributed by atoms with van der Waals surface area (Å²) in [4.78, 5) is 63.5. The number of benzene rings is 2. The van der Waals surface area contributed by atoms with Gasteiger partial charge in [-0.05, 0) is 88.6 Å². The highest BCUT2D eigenvalue weighted by Crippen LogP contribution is 2.32. The molecule has 0 bridgehead atoms. The molecule has 7 N–H and O–H groups in total. The molecule has 0 radical (unpaired) electrons. The minimum absolute atomic E-state index is 0.0746. The standard InChI is InChI=1S/C42H60N10O5/c1-45-39(44)37(28-35(43)33-7-4-5-9-38(33)54)51-24-22-50(23-25-51)30-12-16-48(17-13-30)21-20-47(3)29-14-18-49(19-15-29)31-10-11-32-34(27-31)42(57)52(41(32)56)36(8-6-26-53)40(55)46-2/h4-5,7,9-11,26-30,36,45,54H,6,8,12-25,43-44H2,1-3H3,(H,46,55)/b35-28-,39-37-. The van der Waals surface area contributed by atoms with Crippen LogP contribution >= 0.6 is 0 Å². The number of likely N-dealkylation sites (tertiary alicyclic amines) is 1. The van der Waals surface area contributed by atoms with Gasteiger partial charge in [0.25, 0.3) is 11.8 Å². The lowest BCUT2D eigenvalue weighted by Crippen LogP contribution is -2.53. The summed E-state index contributed by atoms with van der Waals surface area (Å²) in [6.45, 7) is 9.52. The first-order valence-electron chi connectivity index (χ1n) is 20.3. The van der Waals surface area contributed by atoms with E-state index in [0.717, 1.165) is 107 Å². The van der Waals surface area contributed by atoms with Gasteiger partial charge in [0, 0.05) is 102 Å². The smallest absolute Gasteiger partial charge is 0.262 e. The number of phenols is 1. The highest BCUT2D eigenvalue weighted by Gasteiger charge is 2.43. The van der Waals surface area contributed by atoms with Gasteiger partial charge in [0.1, 0.15) is 23.9 Å². The predicted octanol–water partition coefficient (Wildman–Crippen LogP) is 1.41. The average molecular weight is 785 g/mol. The number of amides is 3. The van der Waals surface area contributed by atoms with Crippen molar-refractivity contribution in [1.82, 2.24) is 35.1 Å². The van der Waals surface area contributed by atoms with E-state index < -0.39 is 23.8 Å². The minimum Gasteiger partial charge on any atom is -0.507 e. The van der Waals surface area contributed by atoms with E-state index >= 15 is 0 Å². The lowest BCUT2D eigenvalue weighted by molar-refractivity contribution is -0.124. The Morgan fingerprint density at radius 3 is 2.25 bits per heavy atom. The minimum atomic E-state index is -1.02. The van der Waals surface area contributed by atoms with Crippen LogP contribution in [0.2, 0.25) is 0 Å². The Kier molecular flexibility index (Phi) is 13.8. The molecule has 1 unspecified atom stereocenters. The fourth-order valence-electron chi connectivity index (χ4n) is 8.79. The molecule has 3 amide bonds. The van der Waals surface area contributed by atoms with Crippen molar-refractivity contribution in [2.75, 3.05) is 91.5 Å². The van der Waals surface area contributed by atoms with E-state index in [2.05, 4.69) is 42.2 Å². The quantitative estimate of drug-likeness (QED) is 0.0994. The molecule has 0 aromatic heterocycles. The number of phenolic OH excluding ortho intramolecular Hbond substituents is 1. The molecule has 0 aliphatic carbocycles. The highest BCUT2D eigenvalue weighted by molar-refractivity contribution is 6.23. The number of carbonyl (C=O) groups excluding carboxylic acids is 4. The SMILES string of the molecule is CNC(=O)C(CCC=O)N1C(=O)c2ccc(N3CCC(N(C)CCN4CCC(N5CCN(C(/C=C(\N)c6ccccc6O)=C(/N)NC)CC5)CC4)CC3)cc2C1=O. The number of rotatable bonds is 15. The first-order valence-corrected chi connectivity index (χ1v) is 20.3. The Hall–Kier alpha value is -5.12. The van der Waals surface area contributed by atoms with Crippen molar-refractivity contribution < 1.29 is 24.3 Å². The van der Waals surface area contributed by atoms with E-state index in [1.54, 1.807) is 37.4 Å². The molecule has 15 nitrogen and oxygen atoms in total. The summed E-state index contributed by atoms with van der Waals surface area (Å²) in [5.74, 6) is -0.753. The summed E-state index contributed by atoms with van der Waals surface area (Å²) in [5, 5.41) is 15.9. The third-order valence-corrected chi connectivity index (χ3v) is 12.3. The summed E-state index contributed by atoms with van der Waals surface area (Å²) in [7, 11) is 5.49. The summed E-state index contributed by atoms with van der Waals surface area (Å²) in [6, 6.07) is 12.4. The number of para-hydroxylation sites is 1. The summed E-state index contributed by atoms with van der Waals surface area (Å²) in [6.07, 6.45) is 7.02. The fraction of sp³-hybridized carbons (Fsp3) is 0.524. The van der Waals surface area contributed by atoms with Gasteiger partial charge in [-0.25, -0.2) is 0 Å². The number of fused-ring (bicyclic) bond motifs is 1. The number of carbonyl (C=O) groups is 4. The second-order valence-electron chi connectivity index (χ2n) is 15.5. The monoisotopic (exact) mass is 784 g/mol. The molecule has 1 atom stereocenters. The number of nitrogens with zero attached hydrogens (tertiary/aromatic N) is 6. The number of imide groups is 1.